The van der Waals surface area contributed by atoms with Crippen molar-refractivity contribution in [2.45, 2.75) is 52.0 Å². The summed E-state index contributed by atoms with van der Waals surface area (Å²) in [6.45, 7) is 5.20. The molecule has 5 nitrogen and oxygen atoms in total. The molecule has 0 aromatic heterocycles. The van der Waals surface area contributed by atoms with Crippen molar-refractivity contribution in [1.29, 1.82) is 0 Å². The summed E-state index contributed by atoms with van der Waals surface area (Å²) in [7, 11) is 0. The van der Waals surface area contributed by atoms with Crippen LogP contribution in [0.3, 0.4) is 0 Å². The number of carbonyl (C=O) groups is 2. The molecule has 2 aliphatic rings. The van der Waals surface area contributed by atoms with E-state index in [9.17, 15) is 9.59 Å². The first-order chi connectivity index (χ1) is 10.1. The summed E-state index contributed by atoms with van der Waals surface area (Å²) < 4.78 is 0. The highest BCUT2D eigenvalue weighted by Gasteiger charge is 2.41. The molecule has 0 aliphatic heterocycles. The summed E-state index contributed by atoms with van der Waals surface area (Å²) in [4.78, 5) is 26.1. The van der Waals surface area contributed by atoms with Gasteiger partial charge in [0, 0.05) is 25.0 Å². The van der Waals surface area contributed by atoms with Gasteiger partial charge in [-0.3, -0.25) is 9.59 Å². The Hall–Kier alpha value is -1.10. The molecule has 120 valence electrons. The van der Waals surface area contributed by atoms with Crippen LogP contribution in [0, 0.1) is 17.8 Å². The lowest BCUT2D eigenvalue weighted by molar-refractivity contribution is -0.141. The number of hydrogen-bond acceptors (Lipinski definition) is 3. The van der Waals surface area contributed by atoms with Crippen LogP contribution in [0.15, 0.2) is 0 Å². The minimum atomic E-state index is -0.0691. The molecule has 0 aromatic carbocycles. The fourth-order valence-electron chi connectivity index (χ4n) is 4.02. The minimum Gasteiger partial charge on any atom is -0.355 e. The molecular formula is C16H29N3O2. The predicted molar refractivity (Wildman–Crippen MR) is 82.5 cm³/mol. The van der Waals surface area contributed by atoms with Crippen LogP contribution < -0.4 is 11.1 Å². The number of nitrogens with two attached hydrogens (primary N) is 1. The maximum absolute atomic E-state index is 12.7. The zero-order valence-electron chi connectivity index (χ0n) is 13.3. The van der Waals surface area contributed by atoms with Gasteiger partial charge >= 0.3 is 0 Å². The van der Waals surface area contributed by atoms with Crippen molar-refractivity contribution in [3.8, 4) is 0 Å². The predicted octanol–water partition coefficient (Wildman–Crippen LogP) is 1.12. The molecule has 2 saturated carbocycles. The van der Waals surface area contributed by atoms with Crippen LogP contribution in [0.4, 0.5) is 0 Å². The Bertz CT molecular complexity index is 372. The van der Waals surface area contributed by atoms with Crippen LogP contribution in [0.5, 0.6) is 0 Å². The topological polar surface area (TPSA) is 75.4 Å². The Kier molecular flexibility index (Phi) is 5.62. The van der Waals surface area contributed by atoms with E-state index in [1.165, 1.54) is 6.42 Å². The number of fused-ring (bicyclic) bond motifs is 2. The molecule has 3 N–H and O–H groups in total. The summed E-state index contributed by atoms with van der Waals surface area (Å²) in [5, 5.41) is 2.76. The number of rotatable bonds is 5. The highest BCUT2D eigenvalue weighted by molar-refractivity contribution is 5.86. The van der Waals surface area contributed by atoms with Gasteiger partial charge in [-0.1, -0.05) is 6.42 Å². The average molecular weight is 295 g/mol. The second-order valence-electron chi connectivity index (χ2n) is 6.50. The monoisotopic (exact) mass is 295 g/mol. The lowest BCUT2D eigenvalue weighted by Crippen LogP contribution is -2.50. The number of likely N-dealkylation sites (N-methyl/N-ethyl adjacent to an activating group) is 2. The van der Waals surface area contributed by atoms with Gasteiger partial charge in [0.25, 0.3) is 0 Å². The molecule has 2 fully saturated rings. The first-order valence-corrected chi connectivity index (χ1v) is 8.37. The minimum absolute atomic E-state index is 0.0643. The number of carbonyl (C=O) groups excluding carboxylic acids is 2. The molecule has 0 radical (unpaired) electrons. The second kappa shape index (κ2) is 7.25. The average Bonchev–Trinajstić information content (AvgIpc) is 2.44. The van der Waals surface area contributed by atoms with E-state index in [0.29, 0.717) is 24.9 Å². The molecule has 2 bridgehead atoms. The second-order valence-corrected chi connectivity index (χ2v) is 6.50. The Balaban J connectivity index is 1.96. The van der Waals surface area contributed by atoms with Gasteiger partial charge in [0.05, 0.1) is 6.54 Å². The van der Waals surface area contributed by atoms with Gasteiger partial charge in [0.2, 0.25) is 11.8 Å². The van der Waals surface area contributed by atoms with Crippen LogP contribution >= 0.6 is 0 Å². The van der Waals surface area contributed by atoms with Crippen molar-refractivity contribution in [3.63, 3.8) is 0 Å². The van der Waals surface area contributed by atoms with Crippen molar-refractivity contribution in [2.24, 2.45) is 23.5 Å². The molecule has 0 saturated heterocycles. The Morgan fingerprint density at radius 2 is 1.81 bits per heavy atom. The SMILES string of the molecule is CCNC(=O)CN(CC)C(=O)C1CC2CCCC(C1)C2N. The van der Waals surface area contributed by atoms with Crippen LogP contribution in [0.2, 0.25) is 0 Å². The van der Waals surface area contributed by atoms with E-state index < -0.39 is 0 Å². The van der Waals surface area contributed by atoms with Gasteiger partial charge in [-0.05, 0) is 51.4 Å². The van der Waals surface area contributed by atoms with E-state index >= 15 is 0 Å². The van der Waals surface area contributed by atoms with E-state index in [-0.39, 0.29) is 30.3 Å². The maximum Gasteiger partial charge on any atom is 0.239 e. The van der Waals surface area contributed by atoms with E-state index in [1.807, 2.05) is 13.8 Å². The Morgan fingerprint density at radius 3 is 2.33 bits per heavy atom. The zero-order chi connectivity index (χ0) is 15.4. The van der Waals surface area contributed by atoms with Crippen molar-refractivity contribution < 1.29 is 9.59 Å². The van der Waals surface area contributed by atoms with Crippen LogP contribution in [-0.4, -0.2) is 42.4 Å². The summed E-state index contributed by atoms with van der Waals surface area (Å²) in [5.74, 6) is 1.13. The lowest BCUT2D eigenvalue weighted by atomic mass is 9.65. The highest BCUT2D eigenvalue weighted by atomic mass is 16.2. The van der Waals surface area contributed by atoms with Crippen molar-refractivity contribution >= 4 is 11.8 Å². The first kappa shape index (κ1) is 16.3. The molecule has 2 rings (SSSR count). The highest BCUT2D eigenvalue weighted by Crippen LogP contribution is 2.42. The third-order valence-corrected chi connectivity index (χ3v) is 5.16. The fraction of sp³-hybridized carbons (Fsp3) is 0.875. The van der Waals surface area contributed by atoms with Gasteiger partial charge in [0.1, 0.15) is 0 Å². The maximum atomic E-state index is 12.7. The molecule has 2 atom stereocenters. The van der Waals surface area contributed by atoms with Crippen molar-refractivity contribution in [3.05, 3.63) is 0 Å². The molecule has 2 unspecified atom stereocenters. The van der Waals surface area contributed by atoms with Gasteiger partial charge in [0.15, 0.2) is 0 Å². The smallest absolute Gasteiger partial charge is 0.239 e. The van der Waals surface area contributed by atoms with E-state index in [1.54, 1.807) is 4.90 Å². The van der Waals surface area contributed by atoms with Crippen molar-refractivity contribution in [1.82, 2.24) is 10.2 Å². The standard InChI is InChI=1S/C16H29N3O2/c1-3-18-14(20)10-19(4-2)16(21)13-8-11-6-5-7-12(9-13)15(11)17/h11-13,15H,3-10,17H2,1-2H3,(H,18,20). The third-order valence-electron chi connectivity index (χ3n) is 5.16. The van der Waals surface area contributed by atoms with E-state index in [2.05, 4.69) is 5.32 Å². The summed E-state index contributed by atoms with van der Waals surface area (Å²) in [6.07, 6.45) is 5.37. The molecule has 0 spiro atoms. The van der Waals surface area contributed by atoms with Crippen LogP contribution in [0.1, 0.15) is 46.0 Å². The molecular weight excluding hydrogens is 266 g/mol. The molecule has 2 amide bonds. The molecule has 2 aliphatic carbocycles. The Labute approximate surface area is 127 Å². The van der Waals surface area contributed by atoms with Crippen LogP contribution in [-0.2, 0) is 9.59 Å². The van der Waals surface area contributed by atoms with Gasteiger partial charge < -0.3 is 16.0 Å². The first-order valence-electron chi connectivity index (χ1n) is 8.37. The quantitative estimate of drug-likeness (QED) is 0.798. The van der Waals surface area contributed by atoms with E-state index in [4.69, 9.17) is 5.73 Å². The number of hydrogen-bond donors (Lipinski definition) is 2. The normalized spacial score (nSPS) is 31.6. The lowest BCUT2D eigenvalue weighted by Gasteiger charge is -2.44. The molecule has 0 aromatic rings. The molecule has 0 heterocycles. The largest absolute Gasteiger partial charge is 0.355 e. The van der Waals surface area contributed by atoms with Gasteiger partial charge in [-0.2, -0.15) is 0 Å². The summed E-state index contributed by atoms with van der Waals surface area (Å²) >= 11 is 0. The van der Waals surface area contributed by atoms with Crippen molar-refractivity contribution in [2.75, 3.05) is 19.6 Å². The molecule has 21 heavy (non-hydrogen) atoms. The number of amides is 2. The van der Waals surface area contributed by atoms with Gasteiger partial charge in [-0.25, -0.2) is 0 Å². The fourth-order valence-corrected chi connectivity index (χ4v) is 4.02. The summed E-state index contributed by atoms with van der Waals surface area (Å²) in [6, 6.07) is 0.279. The third kappa shape index (κ3) is 3.76. The van der Waals surface area contributed by atoms with Crippen LogP contribution in [0.25, 0.3) is 0 Å². The number of nitrogens with zero attached hydrogens (tertiary/aromatic N) is 1. The Morgan fingerprint density at radius 1 is 1.19 bits per heavy atom. The van der Waals surface area contributed by atoms with E-state index in [0.717, 1.165) is 25.7 Å². The summed E-state index contributed by atoms with van der Waals surface area (Å²) in [5.41, 5.74) is 6.29. The van der Waals surface area contributed by atoms with Gasteiger partial charge in [-0.15, -0.1) is 0 Å². The number of nitrogens with one attached hydrogen (secondary N) is 1. The zero-order valence-corrected chi connectivity index (χ0v) is 13.3. The molecule has 5 heteroatoms.